The van der Waals surface area contributed by atoms with Gasteiger partial charge >= 0.3 is 0 Å². The fourth-order valence-corrected chi connectivity index (χ4v) is 3.33. The molecule has 0 bridgehead atoms. The first-order valence-electron chi connectivity index (χ1n) is 8.20. The molecule has 0 fully saturated rings. The third-order valence-electron chi connectivity index (χ3n) is 4.11. The number of rotatable bonds is 4. The molecule has 25 heavy (non-hydrogen) atoms. The zero-order valence-corrected chi connectivity index (χ0v) is 14.8. The zero-order chi connectivity index (χ0) is 17.4. The summed E-state index contributed by atoms with van der Waals surface area (Å²) in [6.45, 7) is 4.15. The molecule has 0 saturated carbocycles. The van der Waals surface area contributed by atoms with Crippen molar-refractivity contribution in [3.63, 3.8) is 0 Å². The number of nitrogens with zero attached hydrogens (tertiary/aromatic N) is 5. The van der Waals surface area contributed by atoms with E-state index in [0.717, 1.165) is 17.9 Å². The van der Waals surface area contributed by atoms with Crippen molar-refractivity contribution in [2.75, 3.05) is 5.75 Å². The van der Waals surface area contributed by atoms with Crippen LogP contribution in [-0.4, -0.2) is 29.9 Å². The zero-order valence-electron chi connectivity index (χ0n) is 14.0. The van der Waals surface area contributed by atoms with Gasteiger partial charge in [0.2, 0.25) is 5.16 Å². The van der Waals surface area contributed by atoms with Crippen molar-refractivity contribution in [1.82, 2.24) is 24.1 Å². The molecule has 4 rings (SSSR count). The van der Waals surface area contributed by atoms with Crippen LogP contribution < -0.4 is 5.56 Å². The lowest BCUT2D eigenvalue weighted by atomic mass is 10.1. The highest BCUT2D eigenvalue weighted by Gasteiger charge is 2.12. The highest BCUT2D eigenvalue weighted by Crippen LogP contribution is 2.17. The lowest BCUT2D eigenvalue weighted by molar-refractivity contribution is 0.903. The first kappa shape index (κ1) is 15.8. The summed E-state index contributed by atoms with van der Waals surface area (Å²) in [5, 5.41) is 5.64. The average Bonchev–Trinajstić information content (AvgIpc) is 3.05. The number of fused-ring (bicyclic) bond motifs is 3. The van der Waals surface area contributed by atoms with Crippen LogP contribution in [-0.2, 0) is 6.42 Å². The summed E-state index contributed by atoms with van der Waals surface area (Å²) >= 11 is 1.55. The molecule has 3 aromatic heterocycles. The van der Waals surface area contributed by atoms with Gasteiger partial charge in [0.1, 0.15) is 0 Å². The molecule has 0 amide bonds. The Morgan fingerprint density at radius 2 is 1.92 bits per heavy atom. The van der Waals surface area contributed by atoms with Gasteiger partial charge in [-0.25, -0.2) is 4.98 Å². The van der Waals surface area contributed by atoms with Crippen LogP contribution in [0.15, 0.2) is 52.7 Å². The monoisotopic (exact) mass is 351 g/mol. The van der Waals surface area contributed by atoms with Gasteiger partial charge in [0.25, 0.3) is 11.3 Å². The van der Waals surface area contributed by atoms with Crippen molar-refractivity contribution in [3.8, 4) is 5.69 Å². The van der Waals surface area contributed by atoms with Crippen LogP contribution in [0.4, 0.5) is 0 Å². The van der Waals surface area contributed by atoms with E-state index in [4.69, 9.17) is 0 Å². The molecule has 0 atom stereocenters. The van der Waals surface area contributed by atoms with Crippen molar-refractivity contribution in [3.05, 3.63) is 58.6 Å². The number of aromatic nitrogens is 5. The largest absolute Gasteiger partial charge is 0.284 e. The van der Waals surface area contributed by atoms with Crippen LogP contribution in [0.25, 0.3) is 22.4 Å². The van der Waals surface area contributed by atoms with E-state index in [-0.39, 0.29) is 5.56 Å². The minimum atomic E-state index is -0.114. The van der Waals surface area contributed by atoms with Crippen LogP contribution >= 0.6 is 11.8 Å². The predicted octanol–water partition coefficient (Wildman–Crippen LogP) is 3.10. The quantitative estimate of drug-likeness (QED) is 0.529. The topological polar surface area (TPSA) is 65.1 Å². The Hall–Kier alpha value is -2.67. The molecule has 0 aliphatic rings. The van der Waals surface area contributed by atoms with E-state index in [9.17, 15) is 4.79 Å². The van der Waals surface area contributed by atoms with Gasteiger partial charge in [0.15, 0.2) is 0 Å². The molecule has 6 nitrogen and oxygen atoms in total. The van der Waals surface area contributed by atoms with Crippen LogP contribution in [0.2, 0.25) is 0 Å². The minimum Gasteiger partial charge on any atom is -0.284 e. The van der Waals surface area contributed by atoms with Crippen LogP contribution in [0.3, 0.4) is 0 Å². The second kappa shape index (κ2) is 6.33. The van der Waals surface area contributed by atoms with Crippen molar-refractivity contribution in [2.24, 2.45) is 0 Å². The van der Waals surface area contributed by atoms with Crippen LogP contribution in [0.5, 0.6) is 0 Å². The number of aryl methyl sites for hydroxylation is 1. The van der Waals surface area contributed by atoms with Gasteiger partial charge in [-0.1, -0.05) is 37.7 Å². The molecule has 3 heterocycles. The van der Waals surface area contributed by atoms with Crippen LogP contribution in [0.1, 0.15) is 19.4 Å². The highest BCUT2D eigenvalue weighted by atomic mass is 32.2. The van der Waals surface area contributed by atoms with Gasteiger partial charge in [0.05, 0.1) is 10.9 Å². The van der Waals surface area contributed by atoms with E-state index in [1.165, 1.54) is 5.56 Å². The number of benzene rings is 1. The molecule has 126 valence electrons. The summed E-state index contributed by atoms with van der Waals surface area (Å²) < 4.78 is 3.27. The Balaban J connectivity index is 1.89. The summed E-state index contributed by atoms with van der Waals surface area (Å²) in [5.74, 6) is 1.39. The van der Waals surface area contributed by atoms with Crippen molar-refractivity contribution >= 4 is 28.4 Å². The van der Waals surface area contributed by atoms with Gasteiger partial charge in [-0.15, -0.1) is 5.10 Å². The summed E-state index contributed by atoms with van der Waals surface area (Å²) in [4.78, 5) is 21.6. The molecule has 0 spiro atoms. The maximum Gasteiger partial charge on any atom is 0.266 e. The molecular weight excluding hydrogens is 334 g/mol. The highest BCUT2D eigenvalue weighted by molar-refractivity contribution is 7.99. The number of pyridine rings is 1. The Morgan fingerprint density at radius 3 is 2.64 bits per heavy atom. The first-order chi connectivity index (χ1) is 12.2. The maximum absolute atomic E-state index is 12.9. The third kappa shape index (κ3) is 2.70. The van der Waals surface area contributed by atoms with Gasteiger partial charge < -0.3 is 0 Å². The SMILES string of the molecule is CCSc1nc2ncc3c(=O)n(-c4ccc(CC)cc4)ccc3n2n1. The Morgan fingerprint density at radius 1 is 1.12 bits per heavy atom. The smallest absolute Gasteiger partial charge is 0.266 e. The molecule has 1 aromatic carbocycles. The predicted molar refractivity (Wildman–Crippen MR) is 99.7 cm³/mol. The van der Waals surface area contributed by atoms with Crippen molar-refractivity contribution in [1.29, 1.82) is 0 Å². The summed E-state index contributed by atoms with van der Waals surface area (Å²) in [6.07, 6.45) is 4.33. The van der Waals surface area contributed by atoms with Crippen molar-refractivity contribution in [2.45, 2.75) is 25.4 Å². The maximum atomic E-state index is 12.9. The Kier molecular flexibility index (Phi) is 4.01. The fraction of sp³-hybridized carbons (Fsp3) is 0.222. The third-order valence-corrected chi connectivity index (χ3v) is 4.83. The molecule has 0 radical (unpaired) electrons. The Labute approximate surface area is 148 Å². The van der Waals surface area contributed by atoms with E-state index >= 15 is 0 Å². The van der Waals surface area contributed by atoms with E-state index in [1.54, 1.807) is 33.2 Å². The van der Waals surface area contributed by atoms with Gasteiger partial charge in [-0.05, 0) is 35.9 Å². The molecule has 7 heteroatoms. The summed E-state index contributed by atoms with van der Waals surface area (Å²) in [6, 6.07) is 9.89. The molecule has 0 aliphatic carbocycles. The van der Waals surface area contributed by atoms with Gasteiger partial charge in [-0.3, -0.25) is 9.36 Å². The molecule has 0 aliphatic heterocycles. The van der Waals surface area contributed by atoms with Crippen molar-refractivity contribution < 1.29 is 0 Å². The standard InChI is InChI=1S/C18H17N5OS/c1-3-12-5-7-13(8-6-12)22-10-9-15-14(16(22)24)11-19-17-20-18(25-4-2)21-23(15)17/h5-11H,3-4H2,1-2H3. The number of hydrogen-bond donors (Lipinski definition) is 0. The molecule has 0 N–H and O–H groups in total. The van der Waals surface area contributed by atoms with E-state index in [0.29, 0.717) is 21.8 Å². The summed E-state index contributed by atoms with van der Waals surface area (Å²) in [7, 11) is 0. The van der Waals surface area contributed by atoms with E-state index < -0.39 is 0 Å². The van der Waals surface area contributed by atoms with Gasteiger partial charge in [-0.2, -0.15) is 9.50 Å². The second-order valence-electron chi connectivity index (χ2n) is 5.61. The lowest BCUT2D eigenvalue weighted by Gasteiger charge is -2.08. The minimum absolute atomic E-state index is 0.114. The fourth-order valence-electron chi connectivity index (χ4n) is 2.79. The normalized spacial score (nSPS) is 11.4. The lowest BCUT2D eigenvalue weighted by Crippen LogP contribution is -2.18. The second-order valence-corrected chi connectivity index (χ2v) is 6.84. The Bertz CT molecular complexity index is 1110. The van der Waals surface area contributed by atoms with Crippen LogP contribution in [0, 0.1) is 0 Å². The van der Waals surface area contributed by atoms with E-state index in [1.807, 2.05) is 37.3 Å². The summed E-state index contributed by atoms with van der Waals surface area (Å²) in [5.41, 5.74) is 2.68. The van der Waals surface area contributed by atoms with Gasteiger partial charge in [0, 0.05) is 18.1 Å². The molecule has 0 unspecified atom stereocenters. The molecular formula is C18H17N5OS. The first-order valence-corrected chi connectivity index (χ1v) is 9.19. The molecule has 4 aromatic rings. The number of thioether (sulfide) groups is 1. The molecule has 0 saturated heterocycles. The average molecular weight is 351 g/mol. The van der Waals surface area contributed by atoms with E-state index in [2.05, 4.69) is 22.0 Å². The number of hydrogen-bond acceptors (Lipinski definition) is 5.